The lowest BCUT2D eigenvalue weighted by atomic mass is 10.1. The summed E-state index contributed by atoms with van der Waals surface area (Å²) in [5, 5.41) is 19.2. The number of nitrogens with zero attached hydrogens (tertiary/aromatic N) is 2. The minimum absolute atomic E-state index is 0.132. The number of aryl methyl sites for hydroxylation is 1. The molecule has 5 heteroatoms. The highest BCUT2D eigenvalue weighted by Crippen LogP contribution is 2.15. The second-order valence-corrected chi connectivity index (χ2v) is 6.65. The predicted octanol–water partition coefficient (Wildman–Crippen LogP) is 2.52. The van der Waals surface area contributed by atoms with Crippen LogP contribution in [0.25, 0.3) is 0 Å². The summed E-state index contributed by atoms with van der Waals surface area (Å²) in [6.07, 6.45) is 1.13. The van der Waals surface area contributed by atoms with Crippen LogP contribution in [0.1, 0.15) is 28.8 Å². The summed E-state index contributed by atoms with van der Waals surface area (Å²) in [6.45, 7) is 8.93. The number of aliphatic hydroxyl groups excluding tert-OH is 1. The van der Waals surface area contributed by atoms with Gasteiger partial charge in [0.1, 0.15) is 0 Å². The zero-order chi connectivity index (χ0) is 15.2. The summed E-state index contributed by atoms with van der Waals surface area (Å²) in [5.41, 5.74) is 3.46. The Kier molecular flexibility index (Phi) is 5.96. The van der Waals surface area contributed by atoms with Gasteiger partial charge >= 0.3 is 0 Å². The number of hydrogen-bond donors (Lipinski definition) is 2. The number of rotatable bonds is 8. The summed E-state index contributed by atoms with van der Waals surface area (Å²) < 4.78 is 1.89. The third kappa shape index (κ3) is 4.40. The molecule has 0 aliphatic rings. The van der Waals surface area contributed by atoms with E-state index in [-0.39, 0.29) is 6.61 Å². The van der Waals surface area contributed by atoms with Crippen molar-refractivity contribution in [2.24, 2.45) is 5.92 Å². The Labute approximate surface area is 130 Å². The molecular formula is C16H25N3OS. The Morgan fingerprint density at radius 1 is 1.43 bits per heavy atom. The number of nitrogens with one attached hydrogen (secondary N) is 1. The van der Waals surface area contributed by atoms with Gasteiger partial charge in [-0.15, -0.1) is 11.3 Å². The maximum atomic E-state index is 9.04. The summed E-state index contributed by atoms with van der Waals surface area (Å²) in [6, 6.07) is 4.32. The zero-order valence-corrected chi connectivity index (χ0v) is 13.9. The lowest BCUT2D eigenvalue weighted by molar-refractivity contribution is 0.267. The minimum atomic E-state index is 0.132. The first-order valence-electron chi connectivity index (χ1n) is 7.48. The monoisotopic (exact) mass is 307 g/mol. The first kappa shape index (κ1) is 16.2. The van der Waals surface area contributed by atoms with Crippen LogP contribution in [0.3, 0.4) is 0 Å². The molecule has 116 valence electrons. The van der Waals surface area contributed by atoms with Crippen LogP contribution in [0, 0.1) is 19.8 Å². The molecule has 0 aliphatic heterocycles. The summed E-state index contributed by atoms with van der Waals surface area (Å²) >= 11 is 1.83. The van der Waals surface area contributed by atoms with E-state index in [1.54, 1.807) is 0 Å². The number of aromatic nitrogens is 2. The highest BCUT2D eigenvalue weighted by molar-refractivity contribution is 7.09. The van der Waals surface area contributed by atoms with Crippen molar-refractivity contribution in [2.45, 2.75) is 40.3 Å². The van der Waals surface area contributed by atoms with Gasteiger partial charge in [0.2, 0.25) is 0 Å². The maximum absolute atomic E-state index is 9.04. The van der Waals surface area contributed by atoms with E-state index in [0.29, 0.717) is 12.5 Å². The summed E-state index contributed by atoms with van der Waals surface area (Å²) in [7, 11) is 0. The second kappa shape index (κ2) is 7.73. The molecule has 4 nitrogen and oxygen atoms in total. The van der Waals surface area contributed by atoms with E-state index in [9.17, 15) is 0 Å². The van der Waals surface area contributed by atoms with Gasteiger partial charge in [0.05, 0.1) is 18.8 Å². The Hall–Kier alpha value is -1.17. The van der Waals surface area contributed by atoms with Crippen molar-refractivity contribution < 1.29 is 5.11 Å². The molecule has 2 N–H and O–H groups in total. The van der Waals surface area contributed by atoms with Crippen molar-refractivity contribution in [2.75, 3.05) is 13.2 Å². The standard InChI is InChI=1S/C16H25N3OS/c1-12(9-15-5-4-8-21-15)10-17-11-16-13(2)18-19(6-7-20)14(16)3/h4-5,8,12,17,20H,6-7,9-11H2,1-3H3. The fraction of sp³-hybridized carbons (Fsp3) is 0.562. The lowest BCUT2D eigenvalue weighted by Crippen LogP contribution is -2.22. The van der Waals surface area contributed by atoms with Crippen LogP contribution in [0.5, 0.6) is 0 Å². The van der Waals surface area contributed by atoms with Crippen molar-refractivity contribution in [3.8, 4) is 0 Å². The zero-order valence-electron chi connectivity index (χ0n) is 13.1. The minimum Gasteiger partial charge on any atom is -0.394 e. The van der Waals surface area contributed by atoms with Gasteiger partial charge < -0.3 is 10.4 Å². The molecule has 1 unspecified atom stereocenters. The van der Waals surface area contributed by atoms with E-state index in [0.717, 1.165) is 30.9 Å². The van der Waals surface area contributed by atoms with E-state index < -0.39 is 0 Å². The van der Waals surface area contributed by atoms with Crippen molar-refractivity contribution >= 4 is 11.3 Å². The molecule has 0 aliphatic carbocycles. The van der Waals surface area contributed by atoms with Crippen LogP contribution in [0.4, 0.5) is 0 Å². The summed E-state index contributed by atoms with van der Waals surface area (Å²) in [4.78, 5) is 1.45. The lowest BCUT2D eigenvalue weighted by Gasteiger charge is -2.12. The largest absolute Gasteiger partial charge is 0.394 e. The van der Waals surface area contributed by atoms with Crippen LogP contribution in [-0.2, 0) is 19.5 Å². The molecule has 0 saturated carbocycles. The average molecular weight is 307 g/mol. The quantitative estimate of drug-likeness (QED) is 0.788. The van der Waals surface area contributed by atoms with Gasteiger partial charge in [-0.25, -0.2) is 0 Å². The molecule has 2 aromatic heterocycles. The molecule has 0 spiro atoms. The predicted molar refractivity (Wildman–Crippen MR) is 87.7 cm³/mol. The molecule has 0 fully saturated rings. The SMILES string of the molecule is Cc1nn(CCO)c(C)c1CNCC(C)Cc1cccs1. The Morgan fingerprint density at radius 3 is 2.90 bits per heavy atom. The smallest absolute Gasteiger partial charge is 0.0644 e. The fourth-order valence-corrected chi connectivity index (χ4v) is 3.46. The van der Waals surface area contributed by atoms with Crippen molar-refractivity contribution in [3.05, 3.63) is 39.3 Å². The van der Waals surface area contributed by atoms with E-state index in [4.69, 9.17) is 5.11 Å². The van der Waals surface area contributed by atoms with Crippen LogP contribution >= 0.6 is 11.3 Å². The van der Waals surface area contributed by atoms with E-state index in [1.807, 2.05) is 22.9 Å². The van der Waals surface area contributed by atoms with E-state index >= 15 is 0 Å². The molecule has 0 amide bonds. The van der Waals surface area contributed by atoms with Gasteiger partial charge in [-0.05, 0) is 44.2 Å². The van der Waals surface area contributed by atoms with Crippen molar-refractivity contribution in [3.63, 3.8) is 0 Å². The maximum Gasteiger partial charge on any atom is 0.0644 e. The van der Waals surface area contributed by atoms with Gasteiger partial charge in [0, 0.05) is 22.7 Å². The second-order valence-electron chi connectivity index (χ2n) is 5.62. The molecule has 0 radical (unpaired) electrons. The van der Waals surface area contributed by atoms with Gasteiger partial charge in [-0.2, -0.15) is 5.10 Å². The van der Waals surface area contributed by atoms with Gasteiger partial charge in [0.25, 0.3) is 0 Å². The van der Waals surface area contributed by atoms with Crippen molar-refractivity contribution in [1.29, 1.82) is 0 Å². The number of hydrogen-bond acceptors (Lipinski definition) is 4. The fourth-order valence-electron chi connectivity index (χ4n) is 2.59. The van der Waals surface area contributed by atoms with Gasteiger partial charge in [-0.1, -0.05) is 13.0 Å². The average Bonchev–Trinajstić information content (AvgIpc) is 3.03. The molecule has 2 rings (SSSR count). The van der Waals surface area contributed by atoms with Crippen LogP contribution in [-0.4, -0.2) is 28.0 Å². The molecule has 2 heterocycles. The molecule has 0 bridgehead atoms. The third-order valence-electron chi connectivity index (χ3n) is 3.77. The van der Waals surface area contributed by atoms with E-state index in [1.165, 1.54) is 10.4 Å². The normalized spacial score (nSPS) is 12.8. The van der Waals surface area contributed by atoms with Crippen LogP contribution in [0.15, 0.2) is 17.5 Å². The Bertz CT molecular complexity index is 548. The van der Waals surface area contributed by atoms with Gasteiger partial charge in [-0.3, -0.25) is 4.68 Å². The third-order valence-corrected chi connectivity index (χ3v) is 4.67. The topological polar surface area (TPSA) is 50.1 Å². The number of thiophene rings is 1. The molecule has 0 saturated heterocycles. The molecule has 21 heavy (non-hydrogen) atoms. The van der Waals surface area contributed by atoms with E-state index in [2.05, 4.69) is 41.8 Å². The first-order chi connectivity index (χ1) is 10.1. The molecular weight excluding hydrogens is 282 g/mol. The molecule has 0 aromatic carbocycles. The Morgan fingerprint density at radius 2 is 2.24 bits per heavy atom. The van der Waals surface area contributed by atoms with Gasteiger partial charge in [0.15, 0.2) is 0 Å². The van der Waals surface area contributed by atoms with Crippen molar-refractivity contribution in [1.82, 2.24) is 15.1 Å². The molecule has 1 atom stereocenters. The van der Waals surface area contributed by atoms with Crippen LogP contribution in [0.2, 0.25) is 0 Å². The highest BCUT2D eigenvalue weighted by Gasteiger charge is 2.11. The summed E-state index contributed by atoms with van der Waals surface area (Å²) in [5.74, 6) is 0.622. The first-order valence-corrected chi connectivity index (χ1v) is 8.36. The Balaban J connectivity index is 1.83. The molecule has 2 aromatic rings. The number of aliphatic hydroxyl groups is 1. The highest BCUT2D eigenvalue weighted by atomic mass is 32.1. The van der Waals surface area contributed by atoms with Crippen LogP contribution < -0.4 is 5.32 Å².